The monoisotopic (exact) mass is 590 g/mol. The van der Waals surface area contributed by atoms with Crippen LogP contribution in [0, 0.1) is 29.2 Å². The molecule has 0 saturated heterocycles. The molecule has 8 heteroatoms. The summed E-state index contributed by atoms with van der Waals surface area (Å²) in [5.41, 5.74) is 0.222. The van der Waals surface area contributed by atoms with Gasteiger partial charge in [0.2, 0.25) is 5.82 Å². The van der Waals surface area contributed by atoms with Crippen LogP contribution < -0.4 is 4.74 Å². The van der Waals surface area contributed by atoms with E-state index in [4.69, 9.17) is 9.47 Å². The number of halogens is 4. The maximum Gasteiger partial charge on any atom is 0.341 e. The number of rotatable bonds is 12. The number of ether oxygens (including phenoxy) is 2. The third kappa shape index (κ3) is 7.55. The third-order valence-electron chi connectivity index (χ3n) is 8.95. The summed E-state index contributed by atoms with van der Waals surface area (Å²) in [5.74, 6) is -5.47. The number of allylic oxidation sites excluding steroid dienone is 1. The SMILES string of the molecule is C=CCCCOc1ccc(C(=O)OC2CCC(c3ccc(C4CCC(C(O)CCC)CC4)c(F)c3F)CC2)c(F)c1F. The highest BCUT2D eigenvalue weighted by molar-refractivity contribution is 5.90. The van der Waals surface area contributed by atoms with E-state index in [0.29, 0.717) is 49.7 Å². The van der Waals surface area contributed by atoms with Gasteiger partial charge in [-0.25, -0.2) is 18.0 Å². The fourth-order valence-electron chi connectivity index (χ4n) is 6.47. The van der Waals surface area contributed by atoms with Gasteiger partial charge in [-0.05, 0) is 112 Å². The molecule has 2 saturated carbocycles. The molecular weight excluding hydrogens is 548 g/mol. The first kappa shape index (κ1) is 32.1. The topological polar surface area (TPSA) is 55.8 Å². The van der Waals surface area contributed by atoms with Crippen molar-refractivity contribution in [2.45, 2.75) is 108 Å². The number of unbranched alkanes of at least 4 members (excludes halogenated alkanes) is 1. The van der Waals surface area contributed by atoms with Gasteiger partial charge in [0.05, 0.1) is 18.3 Å². The van der Waals surface area contributed by atoms with Crippen molar-refractivity contribution in [2.75, 3.05) is 6.61 Å². The molecule has 0 spiro atoms. The molecule has 0 bridgehead atoms. The Morgan fingerprint density at radius 2 is 1.50 bits per heavy atom. The van der Waals surface area contributed by atoms with Crippen LogP contribution in [0.25, 0.3) is 0 Å². The van der Waals surface area contributed by atoms with Gasteiger partial charge in [0, 0.05) is 0 Å². The summed E-state index contributed by atoms with van der Waals surface area (Å²) in [7, 11) is 0. The molecule has 2 aromatic rings. The second kappa shape index (κ2) is 15.0. The van der Waals surface area contributed by atoms with Crippen molar-refractivity contribution in [1.82, 2.24) is 0 Å². The van der Waals surface area contributed by atoms with Crippen molar-refractivity contribution < 1.29 is 36.9 Å². The van der Waals surface area contributed by atoms with Crippen molar-refractivity contribution in [3.8, 4) is 5.75 Å². The van der Waals surface area contributed by atoms with E-state index in [1.807, 2.05) is 6.92 Å². The fraction of sp³-hybridized carbons (Fsp3) is 0.559. The number of hydrogen-bond acceptors (Lipinski definition) is 4. The predicted molar refractivity (Wildman–Crippen MR) is 154 cm³/mol. The molecule has 0 radical (unpaired) electrons. The molecule has 1 N–H and O–H groups in total. The third-order valence-corrected chi connectivity index (χ3v) is 8.95. The summed E-state index contributed by atoms with van der Waals surface area (Å²) in [6, 6.07) is 5.75. The molecule has 0 amide bonds. The molecule has 0 aromatic heterocycles. The van der Waals surface area contributed by atoms with Crippen LogP contribution in [-0.4, -0.2) is 29.9 Å². The molecule has 4 nitrogen and oxygen atoms in total. The van der Waals surface area contributed by atoms with Crippen LogP contribution in [-0.2, 0) is 4.74 Å². The van der Waals surface area contributed by atoms with Crippen molar-refractivity contribution in [3.63, 3.8) is 0 Å². The van der Waals surface area contributed by atoms with Crippen molar-refractivity contribution in [3.05, 3.63) is 76.9 Å². The second-order valence-electron chi connectivity index (χ2n) is 11.7. The number of aliphatic hydroxyl groups excluding tert-OH is 1. The minimum absolute atomic E-state index is 0.0584. The van der Waals surface area contributed by atoms with Gasteiger partial charge in [0.1, 0.15) is 6.10 Å². The zero-order chi connectivity index (χ0) is 30.2. The van der Waals surface area contributed by atoms with E-state index in [1.165, 1.54) is 6.07 Å². The van der Waals surface area contributed by atoms with Gasteiger partial charge in [0.25, 0.3) is 0 Å². The minimum atomic E-state index is -1.32. The van der Waals surface area contributed by atoms with E-state index < -0.39 is 40.9 Å². The number of carbonyl (C=O) groups excluding carboxylic acids is 1. The van der Waals surface area contributed by atoms with Crippen LogP contribution in [0.5, 0.6) is 5.75 Å². The highest BCUT2D eigenvalue weighted by atomic mass is 19.2. The molecule has 2 aliphatic rings. The Hall–Kier alpha value is -2.87. The van der Waals surface area contributed by atoms with E-state index in [0.717, 1.165) is 44.6 Å². The summed E-state index contributed by atoms with van der Waals surface area (Å²) in [6.45, 7) is 5.82. The first-order chi connectivity index (χ1) is 20.2. The van der Waals surface area contributed by atoms with E-state index in [2.05, 4.69) is 6.58 Å². The van der Waals surface area contributed by atoms with Crippen LogP contribution in [0.3, 0.4) is 0 Å². The van der Waals surface area contributed by atoms with Gasteiger partial charge in [-0.15, -0.1) is 6.58 Å². The van der Waals surface area contributed by atoms with Gasteiger partial charge in [0.15, 0.2) is 23.2 Å². The second-order valence-corrected chi connectivity index (χ2v) is 11.7. The molecular formula is C34H42F4O4. The van der Waals surface area contributed by atoms with Gasteiger partial charge in [-0.3, -0.25) is 0 Å². The van der Waals surface area contributed by atoms with Crippen molar-refractivity contribution >= 4 is 5.97 Å². The van der Waals surface area contributed by atoms with Crippen LogP contribution >= 0.6 is 0 Å². The van der Waals surface area contributed by atoms with E-state index in [1.54, 1.807) is 18.2 Å². The summed E-state index contributed by atoms with van der Waals surface area (Å²) < 4.78 is 70.3. The Balaban J connectivity index is 1.31. The quantitative estimate of drug-likeness (QED) is 0.116. The summed E-state index contributed by atoms with van der Waals surface area (Å²) in [6.07, 6.45) is 8.64. The van der Waals surface area contributed by atoms with E-state index in [9.17, 15) is 18.7 Å². The van der Waals surface area contributed by atoms with Gasteiger partial charge < -0.3 is 14.6 Å². The Labute approximate surface area is 246 Å². The molecule has 4 rings (SSSR count). The molecule has 0 heterocycles. The van der Waals surface area contributed by atoms with E-state index >= 15 is 8.78 Å². The smallest absolute Gasteiger partial charge is 0.341 e. The molecule has 1 atom stereocenters. The van der Waals surface area contributed by atoms with Crippen LogP contribution in [0.4, 0.5) is 17.6 Å². The van der Waals surface area contributed by atoms with Crippen LogP contribution in [0.2, 0.25) is 0 Å². The highest BCUT2D eigenvalue weighted by Gasteiger charge is 2.32. The molecule has 0 aliphatic heterocycles. The number of esters is 1. The zero-order valence-corrected chi connectivity index (χ0v) is 24.4. The van der Waals surface area contributed by atoms with Gasteiger partial charge in [-0.2, -0.15) is 4.39 Å². The summed E-state index contributed by atoms with van der Waals surface area (Å²) in [4.78, 5) is 12.6. The highest BCUT2D eigenvalue weighted by Crippen LogP contribution is 2.42. The van der Waals surface area contributed by atoms with Crippen molar-refractivity contribution in [1.29, 1.82) is 0 Å². The number of benzene rings is 2. The Morgan fingerprint density at radius 3 is 2.07 bits per heavy atom. The van der Waals surface area contributed by atoms with Crippen molar-refractivity contribution in [2.24, 2.45) is 5.92 Å². The zero-order valence-electron chi connectivity index (χ0n) is 24.4. The Bertz CT molecular complexity index is 1220. The molecule has 230 valence electrons. The van der Waals surface area contributed by atoms with Crippen LogP contribution in [0.15, 0.2) is 36.9 Å². The number of carbonyl (C=O) groups is 1. The summed E-state index contributed by atoms with van der Waals surface area (Å²) in [5, 5.41) is 10.3. The normalized spacial score (nSPS) is 23.3. The average molecular weight is 591 g/mol. The lowest BCUT2D eigenvalue weighted by Crippen LogP contribution is -2.26. The number of hydrogen-bond donors (Lipinski definition) is 1. The van der Waals surface area contributed by atoms with E-state index in [-0.39, 0.29) is 36.2 Å². The lowest BCUT2D eigenvalue weighted by atomic mass is 9.75. The van der Waals surface area contributed by atoms with Gasteiger partial charge >= 0.3 is 5.97 Å². The summed E-state index contributed by atoms with van der Waals surface area (Å²) >= 11 is 0. The fourth-order valence-corrected chi connectivity index (χ4v) is 6.47. The maximum absolute atomic E-state index is 15.3. The van der Waals surface area contributed by atoms with Crippen LogP contribution in [0.1, 0.15) is 117 Å². The Morgan fingerprint density at radius 1 is 0.905 bits per heavy atom. The lowest BCUT2D eigenvalue weighted by Gasteiger charge is -2.32. The molecule has 1 unspecified atom stereocenters. The average Bonchev–Trinajstić information content (AvgIpc) is 2.99. The Kier molecular flexibility index (Phi) is 11.5. The number of aliphatic hydroxyl groups is 1. The first-order valence-electron chi connectivity index (χ1n) is 15.3. The first-order valence-corrected chi connectivity index (χ1v) is 15.3. The minimum Gasteiger partial charge on any atom is -0.490 e. The largest absolute Gasteiger partial charge is 0.490 e. The lowest BCUT2D eigenvalue weighted by molar-refractivity contribution is 0.0188. The standard InChI is InChI=1S/C34H42F4O4/c1-3-5-6-20-41-29-19-18-27(32(37)33(29)38)34(40)42-24-14-12-22(13-15-24)26-17-16-25(30(35)31(26)36)21-8-10-23(11-9-21)28(39)7-4-2/h3,16-19,21-24,28,39H,1,4-15,20H2,2H3. The maximum atomic E-state index is 15.3. The molecule has 2 aliphatic carbocycles. The molecule has 2 fully saturated rings. The van der Waals surface area contributed by atoms with Gasteiger partial charge in [-0.1, -0.05) is 31.6 Å². The predicted octanol–water partition coefficient (Wildman–Crippen LogP) is 8.91. The molecule has 2 aromatic carbocycles. The molecule has 42 heavy (non-hydrogen) atoms.